The highest BCUT2D eigenvalue weighted by molar-refractivity contribution is 5.34. The molecular formula is C11H13NO. The predicted molar refractivity (Wildman–Crippen MR) is 51.1 cm³/mol. The molecule has 3 aliphatic rings. The van der Waals surface area contributed by atoms with Crippen molar-refractivity contribution in [2.45, 2.75) is 6.10 Å². The van der Waals surface area contributed by atoms with Crippen LogP contribution in [-0.4, -0.2) is 19.2 Å². The van der Waals surface area contributed by atoms with Crippen LogP contribution in [0.1, 0.15) is 0 Å². The molecule has 0 amide bonds. The molecule has 0 aromatic heterocycles. The predicted octanol–water partition coefficient (Wildman–Crippen LogP) is 1.23. The molecule has 2 nitrogen and oxygen atoms in total. The maximum absolute atomic E-state index is 5.66. The van der Waals surface area contributed by atoms with E-state index in [1.165, 1.54) is 5.57 Å². The molecule has 1 fully saturated rings. The highest BCUT2D eigenvalue weighted by atomic mass is 16.5. The summed E-state index contributed by atoms with van der Waals surface area (Å²) in [6.45, 7) is 2.09. The molecule has 2 aliphatic heterocycles. The summed E-state index contributed by atoms with van der Waals surface area (Å²) in [7, 11) is 0. The van der Waals surface area contributed by atoms with E-state index in [2.05, 4.69) is 29.6 Å². The molecule has 13 heavy (non-hydrogen) atoms. The fourth-order valence-electron chi connectivity index (χ4n) is 2.43. The van der Waals surface area contributed by atoms with Crippen LogP contribution in [0.25, 0.3) is 0 Å². The monoisotopic (exact) mass is 175 g/mol. The number of nitrogens with one attached hydrogen (secondary N) is 1. The summed E-state index contributed by atoms with van der Waals surface area (Å²) in [5.74, 6) is 1.22. The van der Waals surface area contributed by atoms with Gasteiger partial charge in [-0.05, 0) is 5.57 Å². The zero-order valence-corrected chi connectivity index (χ0v) is 7.44. The Bertz CT molecular complexity index is 303. The van der Waals surface area contributed by atoms with Crippen molar-refractivity contribution in [2.75, 3.05) is 13.1 Å². The number of allylic oxidation sites excluding steroid dienone is 5. The first-order chi connectivity index (χ1) is 6.45. The SMILES string of the molecule is C1=CC2=COC3CNCC3C2C=C1. The Morgan fingerprint density at radius 1 is 1.31 bits per heavy atom. The largest absolute Gasteiger partial charge is 0.496 e. The maximum Gasteiger partial charge on any atom is 0.115 e. The molecule has 1 aliphatic carbocycles. The number of hydrogen-bond acceptors (Lipinski definition) is 2. The van der Waals surface area contributed by atoms with E-state index in [1.54, 1.807) is 0 Å². The van der Waals surface area contributed by atoms with Gasteiger partial charge in [0, 0.05) is 24.9 Å². The van der Waals surface area contributed by atoms with Gasteiger partial charge < -0.3 is 10.1 Å². The molecule has 0 bridgehead atoms. The lowest BCUT2D eigenvalue weighted by Gasteiger charge is -2.32. The van der Waals surface area contributed by atoms with Gasteiger partial charge in [-0.1, -0.05) is 24.3 Å². The smallest absolute Gasteiger partial charge is 0.115 e. The highest BCUT2D eigenvalue weighted by Gasteiger charge is 2.38. The van der Waals surface area contributed by atoms with Gasteiger partial charge in [0.15, 0.2) is 0 Å². The van der Waals surface area contributed by atoms with Crippen LogP contribution in [0.15, 0.2) is 36.1 Å². The van der Waals surface area contributed by atoms with Crippen LogP contribution in [0, 0.1) is 11.8 Å². The molecule has 68 valence electrons. The first-order valence-electron chi connectivity index (χ1n) is 4.86. The third kappa shape index (κ3) is 1.05. The van der Waals surface area contributed by atoms with Crippen LogP contribution >= 0.6 is 0 Å². The quantitative estimate of drug-likeness (QED) is 0.598. The molecule has 0 radical (unpaired) electrons. The lowest BCUT2D eigenvalue weighted by atomic mass is 9.80. The van der Waals surface area contributed by atoms with Crippen LogP contribution in [0.3, 0.4) is 0 Å². The van der Waals surface area contributed by atoms with Gasteiger partial charge in [0.25, 0.3) is 0 Å². The first kappa shape index (κ1) is 7.39. The van der Waals surface area contributed by atoms with Crippen LogP contribution in [-0.2, 0) is 4.74 Å². The third-order valence-corrected chi connectivity index (χ3v) is 3.15. The van der Waals surface area contributed by atoms with Crippen molar-refractivity contribution in [1.82, 2.24) is 5.32 Å². The number of hydrogen-bond donors (Lipinski definition) is 1. The maximum atomic E-state index is 5.66. The molecule has 2 heteroatoms. The molecule has 0 aromatic rings. The van der Waals surface area contributed by atoms with Crippen molar-refractivity contribution in [1.29, 1.82) is 0 Å². The normalized spacial score (nSPS) is 40.6. The summed E-state index contributed by atoms with van der Waals surface area (Å²) in [4.78, 5) is 0. The van der Waals surface area contributed by atoms with Crippen molar-refractivity contribution in [3.05, 3.63) is 36.1 Å². The fraction of sp³-hybridized carbons (Fsp3) is 0.455. The first-order valence-corrected chi connectivity index (χ1v) is 4.86. The molecule has 2 heterocycles. The fourth-order valence-corrected chi connectivity index (χ4v) is 2.43. The average Bonchev–Trinajstić information content (AvgIpc) is 2.65. The van der Waals surface area contributed by atoms with Crippen LogP contribution in [0.4, 0.5) is 0 Å². The Hall–Kier alpha value is -1.02. The minimum absolute atomic E-state index is 0.393. The Morgan fingerprint density at radius 3 is 3.31 bits per heavy atom. The zero-order valence-electron chi connectivity index (χ0n) is 7.44. The molecule has 3 atom stereocenters. The molecule has 3 unspecified atom stereocenters. The molecule has 1 N–H and O–H groups in total. The van der Waals surface area contributed by atoms with Gasteiger partial charge in [0.05, 0.1) is 6.26 Å². The second-order valence-electron chi connectivity index (χ2n) is 3.88. The van der Waals surface area contributed by atoms with E-state index in [9.17, 15) is 0 Å². The minimum atomic E-state index is 0.393. The van der Waals surface area contributed by atoms with Gasteiger partial charge in [-0.25, -0.2) is 0 Å². The molecule has 1 saturated heterocycles. The van der Waals surface area contributed by atoms with E-state index < -0.39 is 0 Å². The lowest BCUT2D eigenvalue weighted by Crippen LogP contribution is -2.32. The van der Waals surface area contributed by atoms with Gasteiger partial charge in [0.2, 0.25) is 0 Å². The Balaban J connectivity index is 1.96. The van der Waals surface area contributed by atoms with Gasteiger partial charge in [-0.3, -0.25) is 0 Å². The summed E-state index contributed by atoms with van der Waals surface area (Å²) in [5.41, 5.74) is 1.33. The molecule has 3 rings (SSSR count). The summed E-state index contributed by atoms with van der Waals surface area (Å²) in [6, 6.07) is 0. The van der Waals surface area contributed by atoms with Crippen molar-refractivity contribution < 1.29 is 4.74 Å². The lowest BCUT2D eigenvalue weighted by molar-refractivity contribution is 0.0875. The minimum Gasteiger partial charge on any atom is -0.496 e. The van der Waals surface area contributed by atoms with E-state index in [4.69, 9.17) is 4.74 Å². The molecule has 0 aromatic carbocycles. The van der Waals surface area contributed by atoms with Crippen molar-refractivity contribution >= 4 is 0 Å². The average molecular weight is 175 g/mol. The van der Waals surface area contributed by atoms with Crippen molar-refractivity contribution in [3.8, 4) is 0 Å². The highest BCUT2D eigenvalue weighted by Crippen LogP contribution is 2.35. The Labute approximate surface area is 78.0 Å². The molecule has 0 saturated carbocycles. The van der Waals surface area contributed by atoms with E-state index >= 15 is 0 Å². The summed E-state index contributed by atoms with van der Waals surface area (Å²) >= 11 is 0. The number of rotatable bonds is 0. The van der Waals surface area contributed by atoms with Gasteiger partial charge in [-0.15, -0.1) is 0 Å². The third-order valence-electron chi connectivity index (χ3n) is 3.15. The van der Waals surface area contributed by atoms with Gasteiger partial charge in [0.1, 0.15) is 6.10 Å². The zero-order chi connectivity index (χ0) is 8.67. The van der Waals surface area contributed by atoms with Crippen LogP contribution in [0.2, 0.25) is 0 Å². The molecular weight excluding hydrogens is 162 g/mol. The Morgan fingerprint density at radius 2 is 2.31 bits per heavy atom. The second kappa shape index (κ2) is 2.74. The van der Waals surface area contributed by atoms with E-state index in [1.807, 2.05) is 6.26 Å². The van der Waals surface area contributed by atoms with Gasteiger partial charge in [-0.2, -0.15) is 0 Å². The van der Waals surface area contributed by atoms with Gasteiger partial charge >= 0.3 is 0 Å². The van der Waals surface area contributed by atoms with Crippen LogP contribution in [0.5, 0.6) is 0 Å². The number of ether oxygens (including phenoxy) is 1. The van der Waals surface area contributed by atoms with Crippen LogP contribution < -0.4 is 5.32 Å². The Kier molecular flexibility index (Phi) is 1.56. The topological polar surface area (TPSA) is 21.3 Å². The van der Waals surface area contributed by atoms with E-state index in [0.29, 0.717) is 17.9 Å². The summed E-state index contributed by atoms with van der Waals surface area (Å²) in [5, 5.41) is 3.38. The summed E-state index contributed by atoms with van der Waals surface area (Å²) in [6.07, 6.45) is 11.0. The second-order valence-corrected chi connectivity index (χ2v) is 3.88. The van der Waals surface area contributed by atoms with Crippen molar-refractivity contribution in [2.24, 2.45) is 11.8 Å². The van der Waals surface area contributed by atoms with E-state index in [0.717, 1.165) is 13.1 Å². The van der Waals surface area contributed by atoms with E-state index in [-0.39, 0.29) is 0 Å². The number of fused-ring (bicyclic) bond motifs is 3. The summed E-state index contributed by atoms with van der Waals surface area (Å²) < 4.78 is 5.66. The standard InChI is InChI=1S/C11H13NO/c1-2-4-9-8(3-1)7-13-11-6-12-5-10(9)11/h1-4,7,9-12H,5-6H2. The molecule has 0 spiro atoms. The van der Waals surface area contributed by atoms with Crippen molar-refractivity contribution in [3.63, 3.8) is 0 Å².